The number of piperidine rings is 1. The van der Waals surface area contributed by atoms with Crippen LogP contribution in [0.4, 0.5) is 0 Å². The van der Waals surface area contributed by atoms with Gasteiger partial charge in [-0.05, 0) is 0 Å². The van der Waals surface area contributed by atoms with E-state index in [1.807, 2.05) is 4.90 Å². The lowest BCUT2D eigenvalue weighted by Gasteiger charge is -2.37. The SMILES string of the molecule is O=C(Cc1cnc[nH]1)N1CCC2(CC1)OCCO2. The van der Waals surface area contributed by atoms with E-state index in [1.54, 1.807) is 12.5 Å². The van der Waals surface area contributed by atoms with E-state index in [4.69, 9.17) is 9.47 Å². The Hall–Kier alpha value is -1.40. The molecule has 2 aliphatic rings. The van der Waals surface area contributed by atoms with Crippen LogP contribution in [0.1, 0.15) is 18.5 Å². The highest BCUT2D eigenvalue weighted by atomic mass is 16.7. The van der Waals surface area contributed by atoms with Gasteiger partial charge in [-0.3, -0.25) is 4.79 Å². The van der Waals surface area contributed by atoms with Crippen LogP contribution in [0.25, 0.3) is 0 Å². The molecule has 1 aromatic rings. The first kappa shape index (κ1) is 11.7. The fraction of sp³-hybridized carbons (Fsp3) is 0.667. The molecule has 18 heavy (non-hydrogen) atoms. The molecule has 1 N–H and O–H groups in total. The molecular formula is C12H17N3O3. The molecule has 6 nitrogen and oxygen atoms in total. The number of carbonyl (C=O) groups is 1. The number of hydrogen-bond donors (Lipinski definition) is 1. The molecule has 1 spiro atoms. The summed E-state index contributed by atoms with van der Waals surface area (Å²) in [5, 5.41) is 0. The predicted octanol–water partition coefficient (Wildman–Crippen LogP) is 0.318. The van der Waals surface area contributed by atoms with Gasteiger partial charge < -0.3 is 19.4 Å². The average molecular weight is 251 g/mol. The van der Waals surface area contributed by atoms with Gasteiger partial charge in [0.15, 0.2) is 5.79 Å². The molecule has 2 aliphatic heterocycles. The summed E-state index contributed by atoms with van der Waals surface area (Å²) in [4.78, 5) is 20.8. The Morgan fingerprint density at radius 3 is 2.72 bits per heavy atom. The highest BCUT2D eigenvalue weighted by Gasteiger charge is 2.40. The Morgan fingerprint density at radius 2 is 2.11 bits per heavy atom. The van der Waals surface area contributed by atoms with Crippen molar-refractivity contribution in [2.45, 2.75) is 25.0 Å². The highest BCUT2D eigenvalue weighted by molar-refractivity contribution is 5.78. The fourth-order valence-electron chi connectivity index (χ4n) is 2.54. The minimum Gasteiger partial charge on any atom is -0.348 e. The maximum absolute atomic E-state index is 12.1. The number of nitrogens with one attached hydrogen (secondary N) is 1. The second-order valence-electron chi connectivity index (χ2n) is 4.74. The number of aromatic amines is 1. The number of nitrogens with zero attached hydrogens (tertiary/aromatic N) is 2. The largest absolute Gasteiger partial charge is 0.348 e. The van der Waals surface area contributed by atoms with Crippen molar-refractivity contribution in [3.05, 3.63) is 18.2 Å². The number of H-pyrrole nitrogens is 1. The number of ether oxygens (including phenoxy) is 2. The van der Waals surface area contributed by atoms with Gasteiger partial charge in [-0.15, -0.1) is 0 Å². The topological polar surface area (TPSA) is 67.5 Å². The van der Waals surface area contributed by atoms with Crippen LogP contribution in [-0.2, 0) is 20.7 Å². The smallest absolute Gasteiger partial charge is 0.228 e. The first-order chi connectivity index (χ1) is 8.77. The molecule has 0 radical (unpaired) electrons. The Labute approximate surface area is 105 Å². The summed E-state index contributed by atoms with van der Waals surface area (Å²) in [6.45, 7) is 2.74. The van der Waals surface area contributed by atoms with Gasteiger partial charge >= 0.3 is 0 Å². The van der Waals surface area contributed by atoms with Gasteiger partial charge in [-0.2, -0.15) is 0 Å². The lowest BCUT2D eigenvalue weighted by atomic mass is 10.0. The number of likely N-dealkylation sites (tertiary alicyclic amines) is 1. The van der Waals surface area contributed by atoms with Crippen LogP contribution in [0.15, 0.2) is 12.5 Å². The Morgan fingerprint density at radius 1 is 1.39 bits per heavy atom. The number of carbonyl (C=O) groups excluding carboxylic acids is 1. The third-order valence-corrected chi connectivity index (χ3v) is 3.59. The van der Waals surface area contributed by atoms with Gasteiger partial charge in [0.2, 0.25) is 5.91 Å². The maximum Gasteiger partial charge on any atom is 0.228 e. The molecule has 2 saturated heterocycles. The van der Waals surface area contributed by atoms with Crippen molar-refractivity contribution in [1.82, 2.24) is 14.9 Å². The summed E-state index contributed by atoms with van der Waals surface area (Å²) in [6.07, 6.45) is 5.19. The second kappa shape index (κ2) is 4.70. The first-order valence-electron chi connectivity index (χ1n) is 6.30. The molecule has 0 bridgehead atoms. The Bertz CT molecular complexity index is 402. The average Bonchev–Trinajstić information content (AvgIpc) is 3.03. The van der Waals surface area contributed by atoms with Gasteiger partial charge in [-0.1, -0.05) is 0 Å². The zero-order chi connectivity index (χ0) is 12.4. The normalized spacial score (nSPS) is 22.6. The van der Waals surface area contributed by atoms with E-state index in [9.17, 15) is 4.79 Å². The van der Waals surface area contributed by atoms with Crippen molar-refractivity contribution < 1.29 is 14.3 Å². The minimum absolute atomic E-state index is 0.132. The zero-order valence-electron chi connectivity index (χ0n) is 10.2. The van der Waals surface area contributed by atoms with Crippen LogP contribution >= 0.6 is 0 Å². The Balaban J connectivity index is 1.54. The molecule has 3 rings (SSSR count). The number of hydrogen-bond acceptors (Lipinski definition) is 4. The monoisotopic (exact) mass is 251 g/mol. The summed E-state index contributed by atoms with van der Waals surface area (Å²) < 4.78 is 11.3. The molecule has 3 heterocycles. The van der Waals surface area contributed by atoms with Crippen LogP contribution in [0.5, 0.6) is 0 Å². The summed E-state index contributed by atoms with van der Waals surface area (Å²) in [5.74, 6) is -0.280. The van der Waals surface area contributed by atoms with E-state index in [1.165, 1.54) is 0 Å². The van der Waals surface area contributed by atoms with E-state index in [-0.39, 0.29) is 5.91 Å². The van der Waals surface area contributed by atoms with Crippen molar-refractivity contribution in [2.24, 2.45) is 0 Å². The molecule has 1 aromatic heterocycles. The quantitative estimate of drug-likeness (QED) is 0.822. The molecule has 0 aromatic carbocycles. The standard InChI is InChI=1S/C12H17N3O3/c16-11(7-10-8-13-9-14-10)15-3-1-12(2-4-15)17-5-6-18-12/h8-9H,1-7H2,(H,13,14). The molecule has 0 atom stereocenters. The zero-order valence-corrected chi connectivity index (χ0v) is 10.2. The molecular weight excluding hydrogens is 234 g/mol. The van der Waals surface area contributed by atoms with E-state index in [0.29, 0.717) is 32.7 Å². The van der Waals surface area contributed by atoms with Crippen LogP contribution in [-0.4, -0.2) is 52.9 Å². The predicted molar refractivity (Wildman–Crippen MR) is 62.7 cm³/mol. The molecule has 0 unspecified atom stereocenters. The fourth-order valence-corrected chi connectivity index (χ4v) is 2.54. The van der Waals surface area contributed by atoms with E-state index in [2.05, 4.69) is 9.97 Å². The number of amides is 1. The van der Waals surface area contributed by atoms with E-state index < -0.39 is 5.79 Å². The number of aromatic nitrogens is 2. The van der Waals surface area contributed by atoms with Gasteiger partial charge in [0.05, 0.1) is 26.0 Å². The van der Waals surface area contributed by atoms with Crippen molar-refractivity contribution in [2.75, 3.05) is 26.3 Å². The van der Waals surface area contributed by atoms with E-state index in [0.717, 1.165) is 18.5 Å². The number of rotatable bonds is 2. The van der Waals surface area contributed by atoms with Crippen molar-refractivity contribution in [1.29, 1.82) is 0 Å². The third-order valence-electron chi connectivity index (χ3n) is 3.59. The van der Waals surface area contributed by atoms with E-state index >= 15 is 0 Å². The third kappa shape index (κ3) is 2.26. The van der Waals surface area contributed by atoms with Gasteiger partial charge in [-0.25, -0.2) is 4.98 Å². The molecule has 98 valence electrons. The number of imidazole rings is 1. The maximum atomic E-state index is 12.1. The van der Waals surface area contributed by atoms with Crippen LogP contribution < -0.4 is 0 Å². The summed E-state index contributed by atoms with van der Waals surface area (Å²) in [7, 11) is 0. The summed E-state index contributed by atoms with van der Waals surface area (Å²) in [5.41, 5.74) is 0.855. The van der Waals surface area contributed by atoms with Gasteiger partial charge in [0.25, 0.3) is 0 Å². The highest BCUT2D eigenvalue weighted by Crippen LogP contribution is 2.31. The molecule has 0 aliphatic carbocycles. The molecule has 1 amide bonds. The van der Waals surface area contributed by atoms with Crippen molar-refractivity contribution in [3.8, 4) is 0 Å². The van der Waals surface area contributed by atoms with Crippen molar-refractivity contribution >= 4 is 5.91 Å². The van der Waals surface area contributed by atoms with Crippen LogP contribution in [0, 0.1) is 0 Å². The summed E-state index contributed by atoms with van der Waals surface area (Å²) in [6, 6.07) is 0. The minimum atomic E-state index is -0.412. The first-order valence-corrected chi connectivity index (χ1v) is 6.30. The molecule has 2 fully saturated rings. The lowest BCUT2D eigenvalue weighted by Crippen LogP contribution is -2.47. The molecule has 0 saturated carbocycles. The van der Waals surface area contributed by atoms with Crippen molar-refractivity contribution in [3.63, 3.8) is 0 Å². The lowest BCUT2D eigenvalue weighted by molar-refractivity contribution is -0.187. The molecule has 6 heteroatoms. The summed E-state index contributed by atoms with van der Waals surface area (Å²) >= 11 is 0. The Kier molecular flexibility index (Phi) is 3.05. The van der Waals surface area contributed by atoms with Crippen LogP contribution in [0.2, 0.25) is 0 Å². The van der Waals surface area contributed by atoms with Gasteiger partial charge in [0.1, 0.15) is 0 Å². The van der Waals surface area contributed by atoms with Gasteiger partial charge in [0, 0.05) is 37.8 Å². The second-order valence-corrected chi connectivity index (χ2v) is 4.74. The van der Waals surface area contributed by atoms with Crippen LogP contribution in [0.3, 0.4) is 0 Å².